The molecule has 186 valence electrons. The minimum absolute atomic E-state index is 0.427. The first kappa shape index (κ1) is 22.4. The standard InChI is InChI=1S/C23H31N9O3/c1-24-22-25-12-17(13-26-22)19-28-20(30-3-8-33-9-4-30)18-21(29-19)32(14-16-2-7-35-15-16)23(27-18)31-5-10-34-11-6-31/h12-13,16H,2-11,14-15H2,1H3,(H,24,25,26). The summed E-state index contributed by atoms with van der Waals surface area (Å²) in [4.78, 5) is 28.5. The van der Waals surface area contributed by atoms with Crippen LogP contribution in [0.25, 0.3) is 22.6 Å². The van der Waals surface area contributed by atoms with Gasteiger partial charge < -0.3 is 29.3 Å². The molecule has 0 bridgehead atoms. The predicted molar refractivity (Wildman–Crippen MR) is 131 cm³/mol. The van der Waals surface area contributed by atoms with Crippen LogP contribution in [0.2, 0.25) is 0 Å². The Labute approximate surface area is 203 Å². The van der Waals surface area contributed by atoms with Crippen molar-refractivity contribution in [1.82, 2.24) is 29.5 Å². The van der Waals surface area contributed by atoms with Crippen molar-refractivity contribution in [3.63, 3.8) is 0 Å². The lowest BCUT2D eigenvalue weighted by atomic mass is 10.1. The lowest BCUT2D eigenvalue weighted by molar-refractivity contribution is 0.121. The second kappa shape index (κ2) is 9.88. The Kier molecular flexibility index (Phi) is 6.32. The normalized spacial score (nSPS) is 21.1. The lowest BCUT2D eigenvalue weighted by Gasteiger charge is -2.28. The third-order valence-corrected chi connectivity index (χ3v) is 6.76. The number of aromatic nitrogens is 6. The van der Waals surface area contributed by atoms with E-state index in [1.807, 2.05) is 0 Å². The summed E-state index contributed by atoms with van der Waals surface area (Å²) in [6, 6.07) is 0. The molecule has 3 aliphatic heterocycles. The highest BCUT2D eigenvalue weighted by Crippen LogP contribution is 2.33. The van der Waals surface area contributed by atoms with Crippen molar-refractivity contribution >= 4 is 28.9 Å². The Morgan fingerprint density at radius 1 is 0.886 bits per heavy atom. The summed E-state index contributed by atoms with van der Waals surface area (Å²) in [5, 5.41) is 2.96. The molecule has 6 rings (SSSR count). The van der Waals surface area contributed by atoms with Crippen molar-refractivity contribution in [2.24, 2.45) is 5.92 Å². The smallest absolute Gasteiger partial charge is 0.222 e. The molecule has 3 fully saturated rings. The van der Waals surface area contributed by atoms with Crippen molar-refractivity contribution in [3.05, 3.63) is 12.4 Å². The van der Waals surface area contributed by atoms with Gasteiger partial charge in [0.2, 0.25) is 11.9 Å². The molecule has 0 spiro atoms. The highest BCUT2D eigenvalue weighted by molar-refractivity contribution is 5.88. The Morgan fingerprint density at radius 2 is 1.60 bits per heavy atom. The van der Waals surface area contributed by atoms with Crippen LogP contribution in [0, 0.1) is 5.92 Å². The fourth-order valence-electron chi connectivity index (χ4n) is 4.83. The fourth-order valence-corrected chi connectivity index (χ4v) is 4.83. The van der Waals surface area contributed by atoms with Crippen LogP contribution in [0.15, 0.2) is 12.4 Å². The van der Waals surface area contributed by atoms with Gasteiger partial charge in [-0.25, -0.2) is 24.9 Å². The van der Waals surface area contributed by atoms with E-state index in [4.69, 9.17) is 29.2 Å². The van der Waals surface area contributed by atoms with Gasteiger partial charge in [0, 0.05) is 64.7 Å². The van der Waals surface area contributed by atoms with Gasteiger partial charge in [-0.15, -0.1) is 0 Å². The summed E-state index contributed by atoms with van der Waals surface area (Å²) in [7, 11) is 1.80. The highest BCUT2D eigenvalue weighted by atomic mass is 16.5. The molecule has 0 aromatic carbocycles. The molecule has 1 atom stereocenters. The Balaban J connectivity index is 1.51. The first-order valence-corrected chi connectivity index (χ1v) is 12.3. The van der Waals surface area contributed by atoms with Crippen LogP contribution in [-0.4, -0.2) is 102 Å². The minimum Gasteiger partial charge on any atom is -0.381 e. The monoisotopic (exact) mass is 481 g/mol. The van der Waals surface area contributed by atoms with Crippen molar-refractivity contribution in [2.45, 2.75) is 13.0 Å². The van der Waals surface area contributed by atoms with Gasteiger partial charge in [-0.3, -0.25) is 4.57 Å². The zero-order valence-corrected chi connectivity index (χ0v) is 20.0. The maximum Gasteiger partial charge on any atom is 0.222 e. The van der Waals surface area contributed by atoms with E-state index in [0.717, 1.165) is 80.9 Å². The maximum atomic E-state index is 5.69. The molecular weight excluding hydrogens is 450 g/mol. The van der Waals surface area contributed by atoms with E-state index in [-0.39, 0.29) is 0 Å². The molecule has 0 saturated carbocycles. The van der Waals surface area contributed by atoms with E-state index in [9.17, 15) is 0 Å². The molecule has 3 aromatic rings. The van der Waals surface area contributed by atoms with Gasteiger partial charge in [0.15, 0.2) is 22.8 Å². The van der Waals surface area contributed by atoms with Gasteiger partial charge in [0.05, 0.1) is 38.6 Å². The summed E-state index contributed by atoms with van der Waals surface area (Å²) < 4.78 is 19.2. The van der Waals surface area contributed by atoms with E-state index < -0.39 is 0 Å². The van der Waals surface area contributed by atoms with Crippen molar-refractivity contribution in [2.75, 3.05) is 88.0 Å². The van der Waals surface area contributed by atoms with Crippen LogP contribution in [-0.2, 0) is 20.8 Å². The van der Waals surface area contributed by atoms with E-state index in [2.05, 4.69) is 29.7 Å². The molecule has 3 aliphatic rings. The second-order valence-corrected chi connectivity index (χ2v) is 9.04. The maximum absolute atomic E-state index is 5.69. The molecule has 3 saturated heterocycles. The van der Waals surface area contributed by atoms with E-state index in [0.29, 0.717) is 44.1 Å². The Hall–Kier alpha value is -3.09. The topological polar surface area (TPSA) is 116 Å². The predicted octanol–water partition coefficient (Wildman–Crippen LogP) is 1.03. The lowest BCUT2D eigenvalue weighted by Crippen LogP contribution is -2.38. The summed E-state index contributed by atoms with van der Waals surface area (Å²) in [5.41, 5.74) is 2.43. The Morgan fingerprint density at radius 3 is 2.26 bits per heavy atom. The van der Waals surface area contributed by atoms with Crippen LogP contribution >= 0.6 is 0 Å². The largest absolute Gasteiger partial charge is 0.381 e. The van der Waals surface area contributed by atoms with Crippen molar-refractivity contribution in [3.8, 4) is 11.4 Å². The molecular formula is C23H31N9O3. The zero-order chi connectivity index (χ0) is 23.6. The Bertz CT molecular complexity index is 1150. The number of hydrogen-bond acceptors (Lipinski definition) is 11. The van der Waals surface area contributed by atoms with Gasteiger partial charge in [-0.05, 0) is 6.42 Å². The van der Waals surface area contributed by atoms with Gasteiger partial charge in [-0.1, -0.05) is 0 Å². The zero-order valence-electron chi connectivity index (χ0n) is 20.0. The van der Waals surface area contributed by atoms with E-state index in [1.165, 1.54) is 0 Å². The molecule has 1 unspecified atom stereocenters. The minimum atomic E-state index is 0.427. The third-order valence-electron chi connectivity index (χ3n) is 6.76. The summed E-state index contributed by atoms with van der Waals surface area (Å²) >= 11 is 0. The number of morpholine rings is 2. The molecule has 0 radical (unpaired) electrons. The number of hydrogen-bond donors (Lipinski definition) is 1. The molecule has 12 heteroatoms. The second-order valence-electron chi connectivity index (χ2n) is 9.04. The van der Waals surface area contributed by atoms with Crippen molar-refractivity contribution in [1.29, 1.82) is 0 Å². The summed E-state index contributed by atoms with van der Waals surface area (Å²) in [6.07, 6.45) is 4.56. The molecule has 1 N–H and O–H groups in total. The van der Waals surface area contributed by atoms with Gasteiger partial charge >= 0.3 is 0 Å². The van der Waals surface area contributed by atoms with Crippen LogP contribution in [0.5, 0.6) is 0 Å². The molecule has 0 amide bonds. The van der Waals surface area contributed by atoms with Gasteiger partial charge in [0.1, 0.15) is 0 Å². The number of nitrogens with zero attached hydrogens (tertiary/aromatic N) is 8. The molecule has 6 heterocycles. The number of ether oxygens (including phenoxy) is 3. The van der Waals surface area contributed by atoms with E-state index >= 15 is 0 Å². The van der Waals surface area contributed by atoms with Crippen LogP contribution in [0.3, 0.4) is 0 Å². The van der Waals surface area contributed by atoms with Crippen LogP contribution in [0.4, 0.5) is 17.7 Å². The molecule has 35 heavy (non-hydrogen) atoms. The molecule has 0 aliphatic carbocycles. The highest BCUT2D eigenvalue weighted by Gasteiger charge is 2.28. The first-order chi connectivity index (χ1) is 17.3. The average Bonchev–Trinajstić information content (AvgIpc) is 3.58. The molecule has 12 nitrogen and oxygen atoms in total. The fraction of sp³-hybridized carbons (Fsp3) is 0.609. The average molecular weight is 482 g/mol. The number of nitrogens with one attached hydrogen (secondary N) is 1. The van der Waals surface area contributed by atoms with Crippen LogP contribution < -0.4 is 15.1 Å². The number of imidazole rings is 1. The summed E-state index contributed by atoms with van der Waals surface area (Å²) in [6.45, 7) is 8.21. The number of rotatable bonds is 6. The number of fused-ring (bicyclic) bond motifs is 1. The quantitative estimate of drug-likeness (QED) is 0.544. The SMILES string of the molecule is CNc1ncc(-c2nc(N3CCOCC3)c3nc(N4CCOCC4)n(CC4CCOC4)c3n2)cn1. The van der Waals surface area contributed by atoms with Crippen molar-refractivity contribution < 1.29 is 14.2 Å². The van der Waals surface area contributed by atoms with E-state index in [1.54, 1.807) is 19.4 Å². The van der Waals surface area contributed by atoms with Crippen LogP contribution in [0.1, 0.15) is 6.42 Å². The van der Waals surface area contributed by atoms with Gasteiger partial charge in [-0.2, -0.15) is 0 Å². The van der Waals surface area contributed by atoms with Gasteiger partial charge in [0.25, 0.3) is 0 Å². The summed E-state index contributed by atoms with van der Waals surface area (Å²) in [5.74, 6) is 3.35. The first-order valence-electron chi connectivity index (χ1n) is 12.3. The third kappa shape index (κ3) is 4.48. The molecule has 3 aromatic heterocycles. The number of anilines is 3.